The van der Waals surface area contributed by atoms with Crippen molar-refractivity contribution in [2.45, 2.75) is 38.1 Å². The fourth-order valence-corrected chi connectivity index (χ4v) is 4.05. The van der Waals surface area contributed by atoms with Crippen molar-refractivity contribution in [1.82, 2.24) is 10.2 Å². The third-order valence-electron chi connectivity index (χ3n) is 5.16. The van der Waals surface area contributed by atoms with Gasteiger partial charge in [0.05, 0.1) is 7.11 Å². The molecule has 0 radical (unpaired) electrons. The van der Waals surface area contributed by atoms with E-state index in [9.17, 15) is 4.39 Å². The zero-order valence-electron chi connectivity index (χ0n) is 13.5. The van der Waals surface area contributed by atoms with Crippen molar-refractivity contribution in [2.24, 2.45) is 5.92 Å². The first kappa shape index (κ1) is 15.8. The normalized spacial score (nSPS) is 22.5. The summed E-state index contributed by atoms with van der Waals surface area (Å²) in [7, 11) is 1.54. The number of hydrogen-bond donors (Lipinski definition) is 1. The van der Waals surface area contributed by atoms with Crippen LogP contribution in [0.1, 0.15) is 43.7 Å². The molecule has 1 aliphatic heterocycles. The molecule has 1 saturated carbocycles. The van der Waals surface area contributed by atoms with E-state index in [1.165, 1.54) is 37.7 Å². The summed E-state index contributed by atoms with van der Waals surface area (Å²) in [5.74, 6) is 0.782. The summed E-state index contributed by atoms with van der Waals surface area (Å²) in [5, 5.41) is 3.43. The second-order valence-corrected chi connectivity index (χ2v) is 6.52. The highest BCUT2D eigenvalue weighted by atomic mass is 19.1. The van der Waals surface area contributed by atoms with Crippen LogP contribution in [0.3, 0.4) is 0 Å². The zero-order chi connectivity index (χ0) is 15.4. The van der Waals surface area contributed by atoms with Crippen molar-refractivity contribution in [3.8, 4) is 5.75 Å². The van der Waals surface area contributed by atoms with Crippen molar-refractivity contribution in [3.05, 3.63) is 29.6 Å². The highest BCUT2D eigenvalue weighted by Gasteiger charge is 2.31. The summed E-state index contributed by atoms with van der Waals surface area (Å²) >= 11 is 0. The first-order valence-electron chi connectivity index (χ1n) is 8.58. The van der Waals surface area contributed by atoms with Gasteiger partial charge in [-0.1, -0.05) is 25.3 Å². The third kappa shape index (κ3) is 3.44. The van der Waals surface area contributed by atoms with E-state index in [1.807, 2.05) is 12.1 Å². The third-order valence-corrected chi connectivity index (χ3v) is 5.16. The standard InChI is InChI=1S/C18H27FN2O/c1-22-17-13-15(7-8-16(17)19)18(14-5-3-2-4-6-14)21-11-9-20-10-12-21/h7-8,13-14,18,20H,2-6,9-12H2,1H3/t18-/m0/s1. The summed E-state index contributed by atoms with van der Waals surface area (Å²) in [6, 6.07) is 5.83. The second-order valence-electron chi connectivity index (χ2n) is 6.52. The van der Waals surface area contributed by atoms with E-state index in [2.05, 4.69) is 10.2 Å². The van der Waals surface area contributed by atoms with Crippen LogP contribution in [-0.4, -0.2) is 38.2 Å². The molecule has 1 aromatic rings. The largest absolute Gasteiger partial charge is 0.494 e. The average molecular weight is 306 g/mol. The van der Waals surface area contributed by atoms with E-state index >= 15 is 0 Å². The molecule has 122 valence electrons. The summed E-state index contributed by atoms with van der Waals surface area (Å²) in [4.78, 5) is 2.58. The zero-order valence-corrected chi connectivity index (χ0v) is 13.5. The first-order valence-corrected chi connectivity index (χ1v) is 8.58. The minimum Gasteiger partial charge on any atom is -0.494 e. The fourth-order valence-electron chi connectivity index (χ4n) is 4.05. The first-order chi connectivity index (χ1) is 10.8. The molecular weight excluding hydrogens is 279 g/mol. The van der Waals surface area contributed by atoms with Crippen LogP contribution < -0.4 is 10.1 Å². The summed E-state index contributed by atoms with van der Waals surface area (Å²) in [5.41, 5.74) is 1.21. The van der Waals surface area contributed by atoms with Crippen molar-refractivity contribution in [3.63, 3.8) is 0 Å². The van der Waals surface area contributed by atoms with Crippen LogP contribution in [-0.2, 0) is 0 Å². The molecule has 0 bridgehead atoms. The van der Waals surface area contributed by atoms with Gasteiger partial charge in [-0.3, -0.25) is 4.90 Å². The number of benzene rings is 1. The van der Waals surface area contributed by atoms with Crippen molar-refractivity contribution in [2.75, 3.05) is 33.3 Å². The van der Waals surface area contributed by atoms with E-state index in [1.54, 1.807) is 13.2 Å². The van der Waals surface area contributed by atoms with Crippen LogP contribution in [0.2, 0.25) is 0 Å². The Morgan fingerprint density at radius 2 is 1.91 bits per heavy atom. The lowest BCUT2D eigenvalue weighted by Crippen LogP contribution is -2.47. The molecule has 1 aliphatic carbocycles. The van der Waals surface area contributed by atoms with Crippen LogP contribution in [0, 0.1) is 11.7 Å². The molecule has 1 atom stereocenters. The Morgan fingerprint density at radius 1 is 1.18 bits per heavy atom. The van der Waals surface area contributed by atoms with Crippen molar-refractivity contribution >= 4 is 0 Å². The van der Waals surface area contributed by atoms with Gasteiger partial charge in [-0.2, -0.15) is 0 Å². The Balaban J connectivity index is 1.89. The minimum atomic E-state index is -0.269. The maximum Gasteiger partial charge on any atom is 0.165 e. The lowest BCUT2D eigenvalue weighted by molar-refractivity contribution is 0.103. The number of piperazine rings is 1. The molecule has 3 rings (SSSR count). The molecule has 2 aliphatic rings. The van der Waals surface area contributed by atoms with Crippen molar-refractivity contribution in [1.29, 1.82) is 0 Å². The molecule has 1 aromatic carbocycles. The summed E-state index contributed by atoms with van der Waals surface area (Å²) < 4.78 is 19.0. The van der Waals surface area contributed by atoms with Crippen LogP contribution in [0.4, 0.5) is 4.39 Å². The van der Waals surface area contributed by atoms with Crippen LogP contribution >= 0.6 is 0 Å². The highest BCUT2D eigenvalue weighted by Crippen LogP contribution is 2.39. The SMILES string of the molecule is COc1cc([C@H](C2CCCCC2)N2CCNCC2)ccc1F. The quantitative estimate of drug-likeness (QED) is 0.923. The number of ether oxygens (including phenoxy) is 1. The van der Waals surface area contributed by atoms with Gasteiger partial charge in [0.2, 0.25) is 0 Å². The molecule has 0 spiro atoms. The average Bonchev–Trinajstić information content (AvgIpc) is 2.58. The van der Waals surface area contributed by atoms with E-state index in [4.69, 9.17) is 4.74 Å². The van der Waals surface area contributed by atoms with Crippen LogP contribution in [0.25, 0.3) is 0 Å². The molecular formula is C18H27FN2O. The van der Waals surface area contributed by atoms with E-state index in [0.717, 1.165) is 26.2 Å². The predicted octanol–water partition coefficient (Wildman–Crippen LogP) is 3.36. The van der Waals surface area contributed by atoms with Gasteiger partial charge in [0.25, 0.3) is 0 Å². The Kier molecular flexibility index (Phi) is 5.32. The number of methoxy groups -OCH3 is 1. The smallest absolute Gasteiger partial charge is 0.165 e. The van der Waals surface area contributed by atoms with Gasteiger partial charge in [-0.25, -0.2) is 4.39 Å². The highest BCUT2D eigenvalue weighted by molar-refractivity contribution is 5.32. The molecule has 0 amide bonds. The van der Waals surface area contributed by atoms with Crippen LogP contribution in [0.5, 0.6) is 5.75 Å². The van der Waals surface area contributed by atoms with E-state index < -0.39 is 0 Å². The minimum absolute atomic E-state index is 0.269. The number of nitrogens with zero attached hydrogens (tertiary/aromatic N) is 1. The molecule has 1 heterocycles. The molecule has 22 heavy (non-hydrogen) atoms. The monoisotopic (exact) mass is 306 g/mol. The Hall–Kier alpha value is -1.13. The van der Waals surface area contributed by atoms with Gasteiger partial charge in [0, 0.05) is 32.2 Å². The number of hydrogen-bond acceptors (Lipinski definition) is 3. The lowest BCUT2D eigenvalue weighted by Gasteiger charge is -2.41. The van der Waals surface area contributed by atoms with Crippen LogP contribution in [0.15, 0.2) is 18.2 Å². The molecule has 3 nitrogen and oxygen atoms in total. The van der Waals surface area contributed by atoms with Gasteiger partial charge < -0.3 is 10.1 Å². The summed E-state index contributed by atoms with van der Waals surface area (Å²) in [6.45, 7) is 4.23. The molecule has 0 aromatic heterocycles. The Labute approximate surface area is 132 Å². The second kappa shape index (κ2) is 7.42. The molecule has 1 N–H and O–H groups in total. The van der Waals surface area contributed by atoms with E-state index in [0.29, 0.717) is 17.7 Å². The number of halogens is 1. The molecule has 0 unspecified atom stereocenters. The fraction of sp³-hybridized carbons (Fsp3) is 0.667. The predicted molar refractivity (Wildman–Crippen MR) is 86.7 cm³/mol. The maximum atomic E-state index is 13.8. The van der Waals surface area contributed by atoms with Gasteiger partial charge >= 0.3 is 0 Å². The van der Waals surface area contributed by atoms with E-state index in [-0.39, 0.29) is 5.82 Å². The Bertz CT molecular complexity index is 464. The molecule has 1 saturated heterocycles. The maximum absolute atomic E-state index is 13.8. The molecule has 4 heteroatoms. The molecule has 2 fully saturated rings. The van der Waals surface area contributed by atoms with Gasteiger partial charge in [0.15, 0.2) is 11.6 Å². The Morgan fingerprint density at radius 3 is 2.59 bits per heavy atom. The van der Waals surface area contributed by atoms with Crippen molar-refractivity contribution < 1.29 is 9.13 Å². The number of rotatable bonds is 4. The number of nitrogens with one attached hydrogen (secondary N) is 1. The summed E-state index contributed by atoms with van der Waals surface area (Å²) in [6.07, 6.45) is 6.58. The topological polar surface area (TPSA) is 24.5 Å². The van der Waals surface area contributed by atoms with Gasteiger partial charge in [-0.05, 0) is 36.5 Å². The lowest BCUT2D eigenvalue weighted by atomic mass is 9.80. The van der Waals surface area contributed by atoms with Gasteiger partial charge in [-0.15, -0.1) is 0 Å². The van der Waals surface area contributed by atoms with Gasteiger partial charge in [0.1, 0.15) is 0 Å².